The molecule has 1 amide bonds. The van der Waals surface area contributed by atoms with Crippen molar-refractivity contribution in [2.75, 3.05) is 33.7 Å². The van der Waals surface area contributed by atoms with Crippen LogP contribution in [0.4, 0.5) is 0 Å². The highest BCUT2D eigenvalue weighted by Crippen LogP contribution is 2.15. The van der Waals surface area contributed by atoms with Crippen LogP contribution in [0.2, 0.25) is 0 Å². The third-order valence-electron chi connectivity index (χ3n) is 2.98. The summed E-state index contributed by atoms with van der Waals surface area (Å²) in [6.45, 7) is 4.29. The van der Waals surface area contributed by atoms with Crippen molar-refractivity contribution in [2.45, 2.75) is 19.8 Å². The Bertz CT molecular complexity index is 270. The van der Waals surface area contributed by atoms with Crippen LogP contribution in [0.5, 0.6) is 0 Å². The van der Waals surface area contributed by atoms with Crippen LogP contribution < -0.4 is 10.6 Å². The van der Waals surface area contributed by atoms with Crippen molar-refractivity contribution in [3.05, 3.63) is 0 Å². The number of nitrogens with one attached hydrogen (secondary N) is 2. The standard InChI is InChI=1S/C11H22N4O.BrH/c1-9(16)15-6-4-5-10(8-15)7-14-11(12-2)13-3;/h10H,4-8H2,1-3H3,(H2,12,13,14);1H. The molecule has 1 aliphatic rings. The van der Waals surface area contributed by atoms with E-state index in [1.165, 1.54) is 6.42 Å². The predicted molar refractivity (Wildman–Crippen MR) is 75.7 cm³/mol. The Hall–Kier alpha value is -0.780. The number of amides is 1. The van der Waals surface area contributed by atoms with E-state index in [1.807, 2.05) is 11.9 Å². The SMILES string of the molecule is Br.CN=C(NC)NCC1CCCN(C(C)=O)C1. The molecule has 1 atom stereocenters. The Morgan fingerprint density at radius 1 is 1.53 bits per heavy atom. The first kappa shape index (κ1) is 16.2. The van der Waals surface area contributed by atoms with Crippen LogP contribution >= 0.6 is 17.0 Å². The lowest BCUT2D eigenvalue weighted by Gasteiger charge is -2.32. The molecule has 100 valence electrons. The van der Waals surface area contributed by atoms with Crippen LogP contribution in [0.1, 0.15) is 19.8 Å². The van der Waals surface area contributed by atoms with Gasteiger partial charge in [-0.2, -0.15) is 0 Å². The Kier molecular flexibility index (Phi) is 7.95. The maximum atomic E-state index is 11.3. The molecule has 0 aromatic rings. The molecule has 1 fully saturated rings. The third kappa shape index (κ3) is 5.39. The van der Waals surface area contributed by atoms with Gasteiger partial charge in [0.1, 0.15) is 0 Å². The molecule has 0 spiro atoms. The van der Waals surface area contributed by atoms with Crippen LogP contribution in [-0.4, -0.2) is 50.5 Å². The molecule has 1 unspecified atom stereocenters. The van der Waals surface area contributed by atoms with E-state index < -0.39 is 0 Å². The number of likely N-dealkylation sites (tertiary alicyclic amines) is 1. The Balaban J connectivity index is 0.00000256. The lowest BCUT2D eigenvalue weighted by atomic mass is 9.98. The smallest absolute Gasteiger partial charge is 0.219 e. The summed E-state index contributed by atoms with van der Waals surface area (Å²) >= 11 is 0. The summed E-state index contributed by atoms with van der Waals surface area (Å²) in [4.78, 5) is 17.3. The molecule has 0 aromatic carbocycles. The van der Waals surface area contributed by atoms with Crippen LogP contribution in [0.25, 0.3) is 0 Å². The first-order valence-corrected chi connectivity index (χ1v) is 5.81. The molecule has 0 aliphatic carbocycles. The molecule has 0 radical (unpaired) electrons. The highest BCUT2D eigenvalue weighted by Gasteiger charge is 2.21. The van der Waals surface area contributed by atoms with Crippen LogP contribution in [-0.2, 0) is 4.79 Å². The van der Waals surface area contributed by atoms with Gasteiger partial charge in [-0.3, -0.25) is 9.79 Å². The molecule has 1 heterocycles. The molecule has 6 heteroatoms. The van der Waals surface area contributed by atoms with Gasteiger partial charge in [0.05, 0.1) is 0 Å². The van der Waals surface area contributed by atoms with Crippen LogP contribution in [0, 0.1) is 5.92 Å². The lowest BCUT2D eigenvalue weighted by Crippen LogP contribution is -2.44. The van der Waals surface area contributed by atoms with Gasteiger partial charge in [-0.25, -0.2) is 0 Å². The van der Waals surface area contributed by atoms with Crippen molar-refractivity contribution in [3.8, 4) is 0 Å². The molecule has 0 bridgehead atoms. The predicted octanol–water partition coefficient (Wildman–Crippen LogP) is 0.618. The number of piperidine rings is 1. The summed E-state index contributed by atoms with van der Waals surface area (Å²) in [5.74, 6) is 1.52. The average molecular weight is 307 g/mol. The maximum Gasteiger partial charge on any atom is 0.219 e. The van der Waals surface area contributed by atoms with Crippen LogP contribution in [0.3, 0.4) is 0 Å². The zero-order valence-electron chi connectivity index (χ0n) is 10.8. The van der Waals surface area contributed by atoms with Gasteiger partial charge >= 0.3 is 0 Å². The maximum absolute atomic E-state index is 11.3. The fourth-order valence-corrected chi connectivity index (χ4v) is 2.04. The van der Waals surface area contributed by atoms with E-state index >= 15 is 0 Å². The van der Waals surface area contributed by atoms with Gasteiger partial charge in [0.2, 0.25) is 5.91 Å². The van der Waals surface area contributed by atoms with E-state index in [2.05, 4.69) is 15.6 Å². The van der Waals surface area contributed by atoms with Gasteiger partial charge in [0, 0.05) is 40.7 Å². The molecule has 1 aliphatic heterocycles. The summed E-state index contributed by atoms with van der Waals surface area (Å²) in [5, 5.41) is 6.23. The van der Waals surface area contributed by atoms with Gasteiger partial charge in [0.25, 0.3) is 0 Å². The van der Waals surface area contributed by atoms with Gasteiger partial charge in [-0.15, -0.1) is 17.0 Å². The quantitative estimate of drug-likeness (QED) is 0.581. The number of nitrogens with zero attached hydrogens (tertiary/aromatic N) is 2. The second-order valence-electron chi connectivity index (χ2n) is 4.18. The molecular weight excluding hydrogens is 284 g/mol. The first-order chi connectivity index (χ1) is 7.67. The minimum atomic E-state index is 0. The van der Waals surface area contributed by atoms with Gasteiger partial charge in [-0.1, -0.05) is 0 Å². The number of aliphatic imine (C=N–C) groups is 1. The van der Waals surface area contributed by atoms with Gasteiger partial charge < -0.3 is 15.5 Å². The number of guanidine groups is 1. The fraction of sp³-hybridized carbons (Fsp3) is 0.818. The van der Waals surface area contributed by atoms with Crippen molar-refractivity contribution in [1.82, 2.24) is 15.5 Å². The lowest BCUT2D eigenvalue weighted by molar-refractivity contribution is -0.130. The minimum Gasteiger partial charge on any atom is -0.359 e. The molecule has 0 aromatic heterocycles. The van der Waals surface area contributed by atoms with Crippen molar-refractivity contribution < 1.29 is 4.79 Å². The molecule has 5 nitrogen and oxygen atoms in total. The number of hydrogen-bond acceptors (Lipinski definition) is 2. The van der Waals surface area contributed by atoms with Gasteiger partial charge in [-0.05, 0) is 18.8 Å². The van der Waals surface area contributed by atoms with E-state index in [1.54, 1.807) is 14.0 Å². The van der Waals surface area contributed by atoms with Crippen LogP contribution in [0.15, 0.2) is 4.99 Å². The van der Waals surface area contributed by atoms with Crippen molar-refractivity contribution in [1.29, 1.82) is 0 Å². The van der Waals surface area contributed by atoms with Crippen molar-refractivity contribution in [2.24, 2.45) is 10.9 Å². The monoisotopic (exact) mass is 306 g/mol. The van der Waals surface area contributed by atoms with E-state index in [0.29, 0.717) is 5.92 Å². The van der Waals surface area contributed by atoms with Gasteiger partial charge in [0.15, 0.2) is 5.96 Å². The molecule has 1 saturated heterocycles. The number of hydrogen-bond donors (Lipinski definition) is 2. The number of rotatable bonds is 2. The molecule has 2 N–H and O–H groups in total. The minimum absolute atomic E-state index is 0. The van der Waals surface area contributed by atoms with E-state index in [4.69, 9.17) is 0 Å². The first-order valence-electron chi connectivity index (χ1n) is 5.81. The number of carbonyl (C=O) groups is 1. The Morgan fingerprint density at radius 3 is 2.76 bits per heavy atom. The zero-order valence-corrected chi connectivity index (χ0v) is 12.5. The summed E-state index contributed by atoms with van der Waals surface area (Å²) in [7, 11) is 3.60. The second-order valence-corrected chi connectivity index (χ2v) is 4.18. The highest BCUT2D eigenvalue weighted by molar-refractivity contribution is 8.93. The summed E-state index contributed by atoms with van der Waals surface area (Å²) in [5.41, 5.74) is 0. The fourth-order valence-electron chi connectivity index (χ4n) is 2.04. The normalized spacial score (nSPS) is 20.5. The van der Waals surface area contributed by atoms with Crippen molar-refractivity contribution >= 4 is 28.8 Å². The summed E-state index contributed by atoms with van der Waals surface area (Å²) < 4.78 is 0. The summed E-state index contributed by atoms with van der Waals surface area (Å²) in [6, 6.07) is 0. The van der Waals surface area contributed by atoms with E-state index in [9.17, 15) is 4.79 Å². The molecule has 1 rings (SSSR count). The van der Waals surface area contributed by atoms with Crippen molar-refractivity contribution in [3.63, 3.8) is 0 Å². The van der Waals surface area contributed by atoms with E-state index in [-0.39, 0.29) is 22.9 Å². The molecule has 17 heavy (non-hydrogen) atoms. The molecule has 0 saturated carbocycles. The Morgan fingerprint density at radius 2 is 2.24 bits per heavy atom. The van der Waals surface area contributed by atoms with E-state index in [0.717, 1.165) is 32.0 Å². The zero-order chi connectivity index (χ0) is 12.0. The summed E-state index contributed by atoms with van der Waals surface area (Å²) in [6.07, 6.45) is 2.28. The molecular formula is C11H23BrN4O. The Labute approximate surface area is 114 Å². The largest absolute Gasteiger partial charge is 0.359 e. The second kappa shape index (κ2) is 8.33. The third-order valence-corrected chi connectivity index (χ3v) is 2.98. The number of carbonyl (C=O) groups excluding carboxylic acids is 1. The number of halogens is 1. The highest BCUT2D eigenvalue weighted by atomic mass is 79.9. The topological polar surface area (TPSA) is 56.7 Å². The average Bonchev–Trinajstić information content (AvgIpc) is 2.31.